The van der Waals surface area contributed by atoms with Crippen molar-refractivity contribution in [2.45, 2.75) is 6.92 Å². The van der Waals surface area contributed by atoms with Gasteiger partial charge in [0.1, 0.15) is 0 Å². The molecule has 0 fully saturated rings. The van der Waals surface area contributed by atoms with Gasteiger partial charge in [-0.1, -0.05) is 11.3 Å². The predicted molar refractivity (Wildman–Crippen MR) is 82.6 cm³/mol. The first-order valence-corrected chi connectivity index (χ1v) is 7.29. The molecule has 4 nitrogen and oxygen atoms in total. The molecule has 23 heavy (non-hydrogen) atoms. The Labute approximate surface area is 134 Å². The Kier molecular flexibility index (Phi) is 5.05. The van der Waals surface area contributed by atoms with Crippen LogP contribution in [-0.4, -0.2) is 25.1 Å². The monoisotopic (exact) mass is 342 g/mol. The third-order valence-electron chi connectivity index (χ3n) is 3.03. The number of nitrogens with zero attached hydrogens (tertiary/aromatic N) is 1. The first kappa shape index (κ1) is 17.0. The first-order chi connectivity index (χ1) is 10.9. The minimum absolute atomic E-state index is 0.119. The van der Waals surface area contributed by atoms with Crippen LogP contribution >= 0.6 is 11.3 Å². The fraction of sp³-hybridized carbons (Fsp3) is 0.200. The lowest BCUT2D eigenvalue weighted by molar-refractivity contribution is -0.134. The molecule has 0 radical (unpaired) electrons. The van der Waals surface area contributed by atoms with Gasteiger partial charge >= 0.3 is 5.97 Å². The molecule has 0 atom stereocenters. The van der Waals surface area contributed by atoms with Crippen molar-refractivity contribution in [2.24, 2.45) is 0 Å². The molecule has 2 aromatic rings. The van der Waals surface area contributed by atoms with Gasteiger partial charge < -0.3 is 10.1 Å². The van der Waals surface area contributed by atoms with E-state index in [9.17, 15) is 18.0 Å². The molecule has 1 aromatic heterocycles. The van der Waals surface area contributed by atoms with Crippen molar-refractivity contribution in [1.29, 1.82) is 0 Å². The zero-order valence-electron chi connectivity index (χ0n) is 12.5. The Morgan fingerprint density at radius 2 is 2.00 bits per heavy atom. The van der Waals surface area contributed by atoms with Crippen LogP contribution in [0.4, 0.5) is 18.3 Å². The second-order valence-corrected chi connectivity index (χ2v) is 5.52. The van der Waals surface area contributed by atoms with E-state index in [0.717, 1.165) is 23.5 Å². The van der Waals surface area contributed by atoms with Gasteiger partial charge in [0.2, 0.25) is 0 Å². The molecule has 1 N–H and O–H groups in total. The van der Waals surface area contributed by atoms with E-state index < -0.39 is 23.4 Å². The van der Waals surface area contributed by atoms with Gasteiger partial charge in [0, 0.05) is 18.7 Å². The summed E-state index contributed by atoms with van der Waals surface area (Å²) in [6, 6.07) is 1.94. The van der Waals surface area contributed by atoms with Crippen molar-refractivity contribution >= 4 is 28.0 Å². The number of hydrogen-bond acceptors (Lipinski definition) is 5. The third kappa shape index (κ3) is 3.37. The Bertz CT molecular complexity index is 787. The Morgan fingerprint density at radius 3 is 2.61 bits per heavy atom. The minimum atomic E-state index is -1.57. The molecule has 0 saturated heterocycles. The molecule has 0 saturated carbocycles. The van der Waals surface area contributed by atoms with E-state index in [-0.39, 0.29) is 11.3 Å². The van der Waals surface area contributed by atoms with Crippen LogP contribution in [0.5, 0.6) is 0 Å². The Hall–Kier alpha value is -2.35. The highest BCUT2D eigenvalue weighted by molar-refractivity contribution is 7.17. The first-order valence-electron chi connectivity index (χ1n) is 6.48. The maximum absolute atomic E-state index is 14.1. The second-order valence-electron chi connectivity index (χ2n) is 4.52. The number of benzene rings is 1. The van der Waals surface area contributed by atoms with Crippen molar-refractivity contribution in [3.8, 4) is 11.3 Å². The fourth-order valence-corrected chi connectivity index (χ4v) is 2.79. The van der Waals surface area contributed by atoms with Gasteiger partial charge in [0.05, 0.1) is 17.7 Å². The lowest BCUT2D eigenvalue weighted by Gasteiger charge is -2.05. The average Bonchev–Trinajstić information content (AvgIpc) is 2.96. The number of thiazole rings is 1. The molecule has 0 aliphatic carbocycles. The van der Waals surface area contributed by atoms with Crippen LogP contribution in [-0.2, 0) is 9.53 Å². The number of methoxy groups -OCH3 is 1. The Balaban J connectivity index is 2.64. The van der Waals surface area contributed by atoms with Gasteiger partial charge in [0.25, 0.3) is 0 Å². The number of carbonyl (C=O) groups excluding carboxylic acids is 1. The summed E-state index contributed by atoms with van der Waals surface area (Å²) in [6.07, 6.45) is 1.22. The number of rotatable bonds is 4. The number of esters is 1. The molecule has 2 rings (SSSR count). The molecule has 122 valence electrons. The van der Waals surface area contributed by atoms with Gasteiger partial charge in [-0.25, -0.2) is 22.9 Å². The number of allylic oxidation sites excluding steroid dienone is 1. The van der Waals surface area contributed by atoms with E-state index in [4.69, 9.17) is 0 Å². The quantitative estimate of drug-likeness (QED) is 0.521. The zero-order valence-corrected chi connectivity index (χ0v) is 13.4. The summed E-state index contributed by atoms with van der Waals surface area (Å²) in [5.74, 6) is -4.76. The summed E-state index contributed by atoms with van der Waals surface area (Å²) in [4.78, 5) is 16.0. The predicted octanol–water partition coefficient (Wildman–Crippen LogP) is 3.85. The zero-order chi connectivity index (χ0) is 17.1. The highest BCUT2D eigenvalue weighted by atomic mass is 32.1. The molecule has 1 aromatic carbocycles. The summed E-state index contributed by atoms with van der Waals surface area (Å²) in [7, 11) is 2.85. The minimum Gasteiger partial charge on any atom is -0.466 e. The van der Waals surface area contributed by atoms with Crippen LogP contribution in [0.25, 0.3) is 16.8 Å². The van der Waals surface area contributed by atoms with Crippen molar-refractivity contribution in [3.63, 3.8) is 0 Å². The maximum Gasteiger partial charge on any atom is 0.330 e. The number of ether oxygens (including phenoxy) is 1. The van der Waals surface area contributed by atoms with E-state index in [0.29, 0.717) is 15.6 Å². The van der Waals surface area contributed by atoms with E-state index in [1.165, 1.54) is 13.2 Å². The van der Waals surface area contributed by atoms with Gasteiger partial charge in [-0.2, -0.15) is 0 Å². The molecule has 8 heteroatoms. The van der Waals surface area contributed by atoms with E-state index in [1.807, 2.05) is 0 Å². The van der Waals surface area contributed by atoms with E-state index in [2.05, 4.69) is 15.0 Å². The largest absolute Gasteiger partial charge is 0.466 e. The molecule has 0 aliphatic rings. The highest BCUT2D eigenvalue weighted by Gasteiger charge is 2.21. The summed E-state index contributed by atoms with van der Waals surface area (Å²) in [5.41, 5.74) is 0.401. The molecule has 0 unspecified atom stereocenters. The molecule has 0 spiro atoms. The van der Waals surface area contributed by atoms with Crippen LogP contribution in [0.1, 0.15) is 11.8 Å². The average molecular weight is 342 g/mol. The molecule has 1 heterocycles. The highest BCUT2D eigenvalue weighted by Crippen LogP contribution is 2.37. The third-order valence-corrected chi connectivity index (χ3v) is 4.23. The molecular formula is C15H13F3N2O2S. The lowest BCUT2D eigenvalue weighted by Crippen LogP contribution is -1.98. The van der Waals surface area contributed by atoms with Crippen LogP contribution in [0.2, 0.25) is 0 Å². The number of nitrogens with one attached hydrogen (secondary N) is 1. The topological polar surface area (TPSA) is 51.2 Å². The molecule has 0 aliphatic heterocycles. The molecule has 0 amide bonds. The summed E-state index contributed by atoms with van der Waals surface area (Å²) >= 11 is 1.15. The van der Waals surface area contributed by atoms with Crippen LogP contribution in [0, 0.1) is 17.5 Å². The van der Waals surface area contributed by atoms with Crippen molar-refractivity contribution in [3.05, 3.63) is 40.5 Å². The van der Waals surface area contributed by atoms with Crippen molar-refractivity contribution in [1.82, 2.24) is 4.98 Å². The molecule has 0 bridgehead atoms. The van der Waals surface area contributed by atoms with Gasteiger partial charge in [0.15, 0.2) is 22.6 Å². The Morgan fingerprint density at radius 1 is 1.30 bits per heavy atom. The number of hydrogen-bond donors (Lipinski definition) is 1. The SMILES string of the molecule is CNc1nc(-c2ccc(F)c(F)c2F)c(/C(C)=C/C(=O)OC)s1. The van der Waals surface area contributed by atoms with Crippen LogP contribution in [0.15, 0.2) is 18.2 Å². The van der Waals surface area contributed by atoms with Crippen molar-refractivity contribution < 1.29 is 22.7 Å². The fourth-order valence-electron chi connectivity index (χ4n) is 1.89. The smallest absolute Gasteiger partial charge is 0.330 e. The number of halogens is 3. The maximum atomic E-state index is 14.1. The van der Waals surface area contributed by atoms with Crippen LogP contribution < -0.4 is 5.32 Å². The van der Waals surface area contributed by atoms with Gasteiger partial charge in [-0.15, -0.1) is 0 Å². The number of carbonyl (C=O) groups is 1. The van der Waals surface area contributed by atoms with Crippen molar-refractivity contribution in [2.75, 3.05) is 19.5 Å². The number of aromatic nitrogens is 1. The lowest BCUT2D eigenvalue weighted by atomic mass is 10.1. The summed E-state index contributed by atoms with van der Waals surface area (Å²) in [6.45, 7) is 1.62. The summed E-state index contributed by atoms with van der Waals surface area (Å²) < 4.78 is 45.2. The summed E-state index contributed by atoms with van der Waals surface area (Å²) in [5, 5.41) is 3.24. The number of anilines is 1. The normalized spacial score (nSPS) is 11.5. The standard InChI is InChI=1S/C15H13F3N2O2S/c1-7(6-10(21)22-3)14-13(20-15(19-2)23-14)8-4-5-9(16)12(18)11(8)17/h4-6H,1-3H3,(H,19,20)/b7-6+. The van der Waals surface area contributed by atoms with Crippen LogP contribution in [0.3, 0.4) is 0 Å². The van der Waals surface area contributed by atoms with Gasteiger partial charge in [-0.3, -0.25) is 0 Å². The second kappa shape index (κ2) is 6.82. The van der Waals surface area contributed by atoms with Gasteiger partial charge in [-0.05, 0) is 24.6 Å². The van der Waals surface area contributed by atoms with E-state index in [1.54, 1.807) is 14.0 Å². The molecular weight excluding hydrogens is 329 g/mol. The van der Waals surface area contributed by atoms with E-state index >= 15 is 0 Å².